The maximum absolute atomic E-state index is 14.0. The van der Waals surface area contributed by atoms with E-state index in [2.05, 4.69) is 37.3 Å². The quantitative estimate of drug-likeness (QED) is 0.309. The van der Waals surface area contributed by atoms with Gasteiger partial charge in [0.25, 0.3) is 0 Å². The molecule has 0 fully saturated rings. The van der Waals surface area contributed by atoms with Crippen LogP contribution >= 0.6 is 0 Å². The molecule has 3 N–H and O–H groups in total. The van der Waals surface area contributed by atoms with Crippen molar-refractivity contribution < 1.29 is 9.50 Å². The molecule has 0 amide bonds. The van der Waals surface area contributed by atoms with Crippen LogP contribution in [0.5, 0.6) is 5.75 Å². The number of hydrogen-bond acceptors (Lipinski definition) is 5. The molecule has 0 unspecified atom stereocenters. The average Bonchev–Trinajstić information content (AvgIpc) is 3.47. The number of rotatable bonds is 4. The van der Waals surface area contributed by atoms with Crippen molar-refractivity contribution in [3.63, 3.8) is 0 Å². The summed E-state index contributed by atoms with van der Waals surface area (Å²) in [6, 6.07) is 16.0. The zero-order valence-corrected chi connectivity index (χ0v) is 19.0. The van der Waals surface area contributed by atoms with Gasteiger partial charge < -0.3 is 15.0 Å². The van der Waals surface area contributed by atoms with E-state index in [9.17, 15) is 9.50 Å². The Balaban J connectivity index is 1.48. The number of hydrogen-bond donors (Lipinski definition) is 3. The molecule has 35 heavy (non-hydrogen) atoms. The third-order valence-electron chi connectivity index (χ3n) is 6.12. The number of nitrogens with one attached hydrogen (secondary N) is 2. The number of halogens is 1. The molecule has 7 nitrogen and oxygen atoms in total. The van der Waals surface area contributed by atoms with E-state index in [1.165, 1.54) is 12.1 Å². The lowest BCUT2D eigenvalue weighted by Gasteiger charge is -2.13. The smallest absolute Gasteiger partial charge is 0.138 e. The maximum Gasteiger partial charge on any atom is 0.138 e. The van der Waals surface area contributed by atoms with Crippen LogP contribution in [0.4, 0.5) is 10.1 Å². The molecular formula is C27H21FN6O. The molecule has 2 aromatic carbocycles. The van der Waals surface area contributed by atoms with Gasteiger partial charge in [0.05, 0.1) is 23.1 Å². The molecule has 4 heterocycles. The number of nitrogens with zero attached hydrogens (tertiary/aromatic N) is 4. The van der Waals surface area contributed by atoms with Crippen LogP contribution in [0.15, 0.2) is 73.2 Å². The zero-order chi connectivity index (χ0) is 24.1. The third kappa shape index (κ3) is 3.65. The SMILES string of the molecule is CN(C)c1cncc(-c2ccc3[nH]nc(-c4cc5c(-c6cc(O)cc(F)c6)ccnc5[nH]4)c3c2)c1. The first-order valence-electron chi connectivity index (χ1n) is 11.1. The Morgan fingerprint density at radius 1 is 0.886 bits per heavy atom. The molecule has 0 saturated heterocycles. The standard InChI is InChI=1S/C27H21FN6O/c1-34(2)19-8-17(13-29-14-19)15-3-4-24-23(10-15)26(33-32-24)25-12-22-21(5-6-30-27(22)31-25)16-7-18(28)11-20(35)9-16/h3-14,35H,1-2H3,(H,30,31)(H,32,33). The van der Waals surface area contributed by atoms with E-state index in [1.54, 1.807) is 12.3 Å². The number of aromatic hydroxyl groups is 1. The van der Waals surface area contributed by atoms with Gasteiger partial charge >= 0.3 is 0 Å². The summed E-state index contributed by atoms with van der Waals surface area (Å²) in [6.07, 6.45) is 5.34. The maximum atomic E-state index is 14.0. The van der Waals surface area contributed by atoms with Crippen LogP contribution in [0, 0.1) is 5.82 Å². The van der Waals surface area contributed by atoms with Gasteiger partial charge in [0.1, 0.15) is 22.9 Å². The number of benzene rings is 2. The highest BCUT2D eigenvalue weighted by Gasteiger charge is 2.16. The fourth-order valence-electron chi connectivity index (χ4n) is 4.36. The molecule has 8 heteroatoms. The monoisotopic (exact) mass is 464 g/mol. The Morgan fingerprint density at radius 2 is 1.77 bits per heavy atom. The second-order valence-corrected chi connectivity index (χ2v) is 8.66. The summed E-state index contributed by atoms with van der Waals surface area (Å²) in [5, 5.41) is 19.3. The summed E-state index contributed by atoms with van der Waals surface area (Å²) in [5.74, 6) is -0.626. The zero-order valence-electron chi connectivity index (χ0n) is 19.0. The van der Waals surface area contributed by atoms with Gasteiger partial charge in [-0.25, -0.2) is 9.37 Å². The Labute approximate surface area is 199 Å². The fraction of sp³-hybridized carbons (Fsp3) is 0.0741. The van der Waals surface area contributed by atoms with Crippen LogP contribution < -0.4 is 4.90 Å². The summed E-state index contributed by atoms with van der Waals surface area (Å²) in [4.78, 5) is 14.2. The number of anilines is 1. The molecule has 6 rings (SSSR count). The van der Waals surface area contributed by atoms with Gasteiger partial charge in [-0.05, 0) is 59.2 Å². The Kier molecular flexibility index (Phi) is 4.74. The van der Waals surface area contributed by atoms with E-state index >= 15 is 0 Å². The minimum absolute atomic E-state index is 0.126. The molecule has 6 aromatic rings. The van der Waals surface area contributed by atoms with Crippen LogP contribution in [0.25, 0.3) is 55.6 Å². The van der Waals surface area contributed by atoms with Crippen molar-refractivity contribution in [2.75, 3.05) is 19.0 Å². The van der Waals surface area contributed by atoms with Crippen molar-refractivity contribution >= 4 is 27.6 Å². The first kappa shape index (κ1) is 20.9. The molecule has 0 aliphatic carbocycles. The summed E-state index contributed by atoms with van der Waals surface area (Å²) in [5.41, 5.74) is 7.49. The highest BCUT2D eigenvalue weighted by Crippen LogP contribution is 2.35. The second kappa shape index (κ2) is 7.95. The molecule has 0 aliphatic rings. The number of aromatic amines is 2. The van der Waals surface area contributed by atoms with Gasteiger partial charge in [0.2, 0.25) is 0 Å². The summed E-state index contributed by atoms with van der Waals surface area (Å²) in [6.45, 7) is 0. The molecule has 0 saturated carbocycles. The topological polar surface area (TPSA) is 93.7 Å². The van der Waals surface area contributed by atoms with Gasteiger partial charge in [0, 0.05) is 48.9 Å². The predicted octanol–water partition coefficient (Wildman–Crippen LogP) is 5.75. The van der Waals surface area contributed by atoms with Crippen LogP contribution in [0.2, 0.25) is 0 Å². The lowest BCUT2D eigenvalue weighted by molar-refractivity contribution is 0.469. The van der Waals surface area contributed by atoms with Gasteiger partial charge in [-0.1, -0.05) is 6.07 Å². The van der Waals surface area contributed by atoms with E-state index in [0.29, 0.717) is 11.2 Å². The molecule has 4 aromatic heterocycles. The number of phenolic OH excluding ortho intramolecular Hbond substituents is 1. The van der Waals surface area contributed by atoms with E-state index in [-0.39, 0.29) is 5.75 Å². The number of fused-ring (bicyclic) bond motifs is 2. The first-order chi connectivity index (χ1) is 17.0. The molecule has 0 atom stereocenters. The number of pyridine rings is 2. The van der Waals surface area contributed by atoms with E-state index in [1.807, 2.05) is 49.6 Å². The van der Waals surface area contributed by atoms with Crippen LogP contribution in [-0.4, -0.2) is 44.4 Å². The minimum Gasteiger partial charge on any atom is -0.508 e. The number of H-pyrrole nitrogens is 2. The lowest BCUT2D eigenvalue weighted by Crippen LogP contribution is -2.08. The second-order valence-electron chi connectivity index (χ2n) is 8.66. The van der Waals surface area contributed by atoms with Gasteiger partial charge in [-0.3, -0.25) is 10.1 Å². The fourth-order valence-corrected chi connectivity index (χ4v) is 4.36. The first-order valence-corrected chi connectivity index (χ1v) is 11.1. The molecule has 0 bridgehead atoms. The van der Waals surface area contributed by atoms with Crippen molar-refractivity contribution in [2.24, 2.45) is 0 Å². The van der Waals surface area contributed by atoms with Crippen LogP contribution in [0.3, 0.4) is 0 Å². The largest absolute Gasteiger partial charge is 0.508 e. The van der Waals surface area contributed by atoms with E-state index < -0.39 is 5.82 Å². The average molecular weight is 465 g/mol. The molecule has 172 valence electrons. The minimum atomic E-state index is -0.501. The molecule has 0 spiro atoms. The number of phenols is 1. The van der Waals surface area contributed by atoms with Gasteiger partial charge in [-0.15, -0.1) is 0 Å². The molecular weight excluding hydrogens is 443 g/mol. The summed E-state index contributed by atoms with van der Waals surface area (Å²) >= 11 is 0. The van der Waals surface area contributed by atoms with Crippen molar-refractivity contribution in [3.8, 4) is 39.4 Å². The van der Waals surface area contributed by atoms with E-state index in [0.717, 1.165) is 56.1 Å². The molecule has 0 radical (unpaired) electrons. The number of aromatic nitrogens is 5. The summed E-state index contributed by atoms with van der Waals surface area (Å²) < 4.78 is 14.0. The Bertz CT molecular complexity index is 1700. The Morgan fingerprint density at radius 3 is 2.60 bits per heavy atom. The van der Waals surface area contributed by atoms with Gasteiger partial charge in [-0.2, -0.15) is 5.10 Å². The van der Waals surface area contributed by atoms with Crippen molar-refractivity contribution in [3.05, 3.63) is 79.0 Å². The van der Waals surface area contributed by atoms with Crippen LogP contribution in [0.1, 0.15) is 0 Å². The van der Waals surface area contributed by atoms with Crippen molar-refractivity contribution in [1.82, 2.24) is 25.1 Å². The summed E-state index contributed by atoms with van der Waals surface area (Å²) in [7, 11) is 3.98. The van der Waals surface area contributed by atoms with E-state index in [4.69, 9.17) is 0 Å². The Hall–Kier alpha value is -4.72. The lowest BCUT2D eigenvalue weighted by atomic mass is 10.0. The van der Waals surface area contributed by atoms with Crippen molar-refractivity contribution in [2.45, 2.75) is 0 Å². The van der Waals surface area contributed by atoms with Gasteiger partial charge in [0.15, 0.2) is 0 Å². The van der Waals surface area contributed by atoms with Crippen molar-refractivity contribution in [1.29, 1.82) is 0 Å². The molecule has 0 aliphatic heterocycles. The normalized spacial score (nSPS) is 11.4. The third-order valence-corrected chi connectivity index (χ3v) is 6.12. The highest BCUT2D eigenvalue weighted by molar-refractivity contribution is 6.00. The predicted molar refractivity (Wildman–Crippen MR) is 136 cm³/mol. The van der Waals surface area contributed by atoms with Crippen LogP contribution in [-0.2, 0) is 0 Å². The highest BCUT2D eigenvalue weighted by atomic mass is 19.1.